The highest BCUT2D eigenvalue weighted by atomic mass is 16.5. The average Bonchev–Trinajstić information content (AvgIpc) is 2.52. The maximum atomic E-state index is 12.3. The molecule has 6 nitrogen and oxygen atoms in total. The Morgan fingerprint density at radius 2 is 1.83 bits per heavy atom. The van der Waals surface area contributed by atoms with Gasteiger partial charge in [0.2, 0.25) is 5.78 Å². The minimum absolute atomic E-state index is 0.197. The fourth-order valence-electron chi connectivity index (χ4n) is 2.22. The molecule has 0 spiro atoms. The number of ether oxygens (including phenoxy) is 1. The third-order valence-electron chi connectivity index (χ3n) is 3.83. The maximum absolute atomic E-state index is 12.3. The number of ketones is 1. The largest absolute Gasteiger partial charge is 0.454 e. The number of amides is 2. The van der Waals surface area contributed by atoms with E-state index in [9.17, 15) is 14.4 Å². The lowest BCUT2D eigenvalue weighted by Crippen LogP contribution is -2.30. The van der Waals surface area contributed by atoms with Gasteiger partial charge in [0.25, 0.3) is 0 Å². The second-order valence-corrected chi connectivity index (χ2v) is 5.90. The van der Waals surface area contributed by atoms with Crippen LogP contribution >= 0.6 is 0 Å². The van der Waals surface area contributed by atoms with Crippen LogP contribution in [0.1, 0.15) is 54.1 Å². The molecule has 1 rings (SSSR count). The van der Waals surface area contributed by atoms with E-state index in [1.54, 1.807) is 13.0 Å². The van der Waals surface area contributed by atoms with Crippen LogP contribution in [0.15, 0.2) is 18.2 Å². The number of benzene rings is 1. The molecule has 0 aliphatic rings. The molecule has 1 atom stereocenters. The fourth-order valence-corrected chi connectivity index (χ4v) is 2.22. The monoisotopic (exact) mass is 334 g/mol. The Morgan fingerprint density at radius 3 is 2.46 bits per heavy atom. The van der Waals surface area contributed by atoms with Crippen molar-refractivity contribution in [1.82, 2.24) is 5.32 Å². The minimum atomic E-state index is -0.795. The molecule has 0 aromatic heterocycles. The predicted molar refractivity (Wildman–Crippen MR) is 91.9 cm³/mol. The van der Waals surface area contributed by atoms with Crippen molar-refractivity contribution in [2.24, 2.45) is 5.73 Å². The van der Waals surface area contributed by atoms with Crippen LogP contribution in [0.2, 0.25) is 0 Å². The number of urea groups is 1. The lowest BCUT2D eigenvalue weighted by atomic mass is 10.0. The van der Waals surface area contributed by atoms with Crippen molar-refractivity contribution in [3.63, 3.8) is 0 Å². The van der Waals surface area contributed by atoms with E-state index in [-0.39, 0.29) is 18.2 Å². The number of primary amides is 1. The van der Waals surface area contributed by atoms with Crippen molar-refractivity contribution in [3.8, 4) is 0 Å². The third kappa shape index (κ3) is 6.81. The Hall–Kier alpha value is -2.37. The molecule has 0 heterocycles. The van der Waals surface area contributed by atoms with E-state index in [0.717, 1.165) is 24.0 Å². The van der Waals surface area contributed by atoms with E-state index in [4.69, 9.17) is 10.5 Å². The summed E-state index contributed by atoms with van der Waals surface area (Å²) in [5, 5.41) is 2.49. The second kappa shape index (κ2) is 9.70. The van der Waals surface area contributed by atoms with E-state index in [1.807, 2.05) is 26.0 Å². The third-order valence-corrected chi connectivity index (χ3v) is 3.83. The van der Waals surface area contributed by atoms with Gasteiger partial charge in [-0.3, -0.25) is 9.59 Å². The van der Waals surface area contributed by atoms with E-state index in [2.05, 4.69) is 5.32 Å². The number of nitrogens with one attached hydrogen (secondary N) is 1. The molecule has 0 saturated carbocycles. The number of unbranched alkanes of at least 4 members (excludes halogenated alkanes) is 2. The normalized spacial score (nSPS) is 11.6. The summed E-state index contributed by atoms with van der Waals surface area (Å²) in [7, 11) is 0. The van der Waals surface area contributed by atoms with Crippen molar-refractivity contribution in [2.45, 2.75) is 52.6 Å². The lowest BCUT2D eigenvalue weighted by Gasteiger charge is -2.13. The number of hydrogen-bond acceptors (Lipinski definition) is 4. The summed E-state index contributed by atoms with van der Waals surface area (Å²) in [4.78, 5) is 34.6. The molecule has 0 bridgehead atoms. The lowest BCUT2D eigenvalue weighted by molar-refractivity contribution is -0.146. The predicted octanol–water partition coefficient (Wildman–Crippen LogP) is 2.65. The number of aryl methyl sites for hydroxylation is 2. The summed E-state index contributed by atoms with van der Waals surface area (Å²) in [5.41, 5.74) is 7.64. The number of rotatable bonds is 9. The van der Waals surface area contributed by atoms with E-state index in [1.165, 1.54) is 0 Å². The van der Waals surface area contributed by atoms with Crippen LogP contribution < -0.4 is 11.1 Å². The van der Waals surface area contributed by atoms with Gasteiger partial charge in [0.05, 0.1) is 0 Å². The maximum Gasteiger partial charge on any atom is 0.312 e. The first-order chi connectivity index (χ1) is 11.3. The van der Waals surface area contributed by atoms with Crippen LogP contribution in [0.3, 0.4) is 0 Å². The molecule has 0 aliphatic carbocycles. The number of Topliss-reactive ketones (excluding diaryl/α,β-unsaturated/α-hetero) is 1. The van der Waals surface area contributed by atoms with Crippen molar-refractivity contribution >= 4 is 17.8 Å². The van der Waals surface area contributed by atoms with Crippen LogP contribution in [-0.4, -0.2) is 30.4 Å². The van der Waals surface area contributed by atoms with Crippen LogP contribution in [0.25, 0.3) is 0 Å². The van der Waals surface area contributed by atoms with Gasteiger partial charge >= 0.3 is 12.0 Å². The topological polar surface area (TPSA) is 98.5 Å². The Bertz CT molecular complexity index is 599. The molecule has 0 saturated heterocycles. The molecule has 2 amide bonds. The molecule has 0 fully saturated rings. The molecule has 0 radical (unpaired) electrons. The van der Waals surface area contributed by atoms with Gasteiger partial charge in [-0.05, 0) is 50.8 Å². The van der Waals surface area contributed by atoms with Gasteiger partial charge in [0.15, 0.2) is 6.10 Å². The number of nitrogens with two attached hydrogens (primary N) is 1. The first-order valence-corrected chi connectivity index (χ1v) is 8.15. The minimum Gasteiger partial charge on any atom is -0.454 e. The second-order valence-electron chi connectivity index (χ2n) is 5.90. The molecule has 24 heavy (non-hydrogen) atoms. The molecule has 1 aromatic rings. The summed E-state index contributed by atoms with van der Waals surface area (Å²) < 4.78 is 5.20. The number of carbonyl (C=O) groups is 3. The van der Waals surface area contributed by atoms with E-state index >= 15 is 0 Å². The van der Waals surface area contributed by atoms with Gasteiger partial charge in [-0.2, -0.15) is 0 Å². The molecule has 0 aliphatic heterocycles. The molecule has 1 aromatic carbocycles. The quantitative estimate of drug-likeness (QED) is 0.412. The van der Waals surface area contributed by atoms with Crippen LogP contribution in [0, 0.1) is 13.8 Å². The zero-order valence-corrected chi connectivity index (χ0v) is 14.6. The molecule has 3 N–H and O–H groups in total. The molecule has 132 valence electrons. The zero-order valence-electron chi connectivity index (χ0n) is 14.6. The Balaban J connectivity index is 2.34. The molecule has 6 heteroatoms. The SMILES string of the molecule is Cc1ccc(C(=O)[C@@H](C)OC(=O)CCCCCNC(N)=O)cc1C. The highest BCUT2D eigenvalue weighted by molar-refractivity contribution is 6.00. The summed E-state index contributed by atoms with van der Waals surface area (Å²) in [6.45, 7) is 6.00. The van der Waals surface area contributed by atoms with Crippen molar-refractivity contribution < 1.29 is 19.1 Å². The fraction of sp³-hybridized carbons (Fsp3) is 0.500. The van der Waals surface area contributed by atoms with Crippen molar-refractivity contribution in [2.75, 3.05) is 6.54 Å². The van der Waals surface area contributed by atoms with E-state index < -0.39 is 12.1 Å². The van der Waals surface area contributed by atoms with Crippen molar-refractivity contribution in [1.29, 1.82) is 0 Å². The first kappa shape index (κ1) is 19.7. The zero-order chi connectivity index (χ0) is 18.1. The number of esters is 1. The van der Waals surface area contributed by atoms with Gasteiger partial charge in [-0.25, -0.2) is 4.79 Å². The summed E-state index contributed by atoms with van der Waals surface area (Å²) >= 11 is 0. The molecular weight excluding hydrogens is 308 g/mol. The van der Waals surface area contributed by atoms with Crippen LogP contribution in [0.5, 0.6) is 0 Å². The Morgan fingerprint density at radius 1 is 1.12 bits per heavy atom. The molecular formula is C18H26N2O4. The van der Waals surface area contributed by atoms with Crippen molar-refractivity contribution in [3.05, 3.63) is 34.9 Å². The summed E-state index contributed by atoms with van der Waals surface area (Å²) in [6, 6.07) is 4.90. The average molecular weight is 334 g/mol. The van der Waals surface area contributed by atoms with Gasteiger partial charge in [0.1, 0.15) is 0 Å². The Kier molecular flexibility index (Phi) is 7.95. The van der Waals surface area contributed by atoms with Gasteiger partial charge in [0, 0.05) is 18.5 Å². The first-order valence-electron chi connectivity index (χ1n) is 8.15. The highest BCUT2D eigenvalue weighted by Gasteiger charge is 2.19. The van der Waals surface area contributed by atoms with Crippen LogP contribution in [-0.2, 0) is 9.53 Å². The van der Waals surface area contributed by atoms with Crippen LogP contribution in [0.4, 0.5) is 4.79 Å². The van der Waals surface area contributed by atoms with Gasteiger partial charge in [-0.1, -0.05) is 18.6 Å². The van der Waals surface area contributed by atoms with Gasteiger partial charge < -0.3 is 15.8 Å². The van der Waals surface area contributed by atoms with E-state index in [0.29, 0.717) is 18.5 Å². The Labute approximate surface area is 142 Å². The highest BCUT2D eigenvalue weighted by Crippen LogP contribution is 2.13. The molecule has 0 unspecified atom stereocenters. The summed E-state index contributed by atoms with van der Waals surface area (Å²) in [5.74, 6) is -0.584. The number of carbonyl (C=O) groups excluding carboxylic acids is 3. The standard InChI is InChI=1S/C18H26N2O4/c1-12-8-9-15(11-13(12)2)17(22)14(3)24-16(21)7-5-4-6-10-20-18(19)23/h8-9,11,14H,4-7,10H2,1-3H3,(H3,19,20,23)/t14-/m1/s1. The number of hydrogen-bond donors (Lipinski definition) is 2. The smallest absolute Gasteiger partial charge is 0.312 e. The van der Waals surface area contributed by atoms with Gasteiger partial charge in [-0.15, -0.1) is 0 Å². The summed E-state index contributed by atoms with van der Waals surface area (Å²) in [6.07, 6.45) is 1.61.